The maximum atomic E-state index is 13.9. The molecule has 2 aromatic carbocycles. The molecular weight excluding hydrogens is 529 g/mol. The van der Waals surface area contributed by atoms with Gasteiger partial charge < -0.3 is 8.85 Å². The molecule has 0 N–H and O–H groups in total. The molecule has 0 radical (unpaired) electrons. The Labute approximate surface area is 245 Å². The summed E-state index contributed by atoms with van der Waals surface area (Å²) >= 11 is 0. The molecule has 220 valence electrons. The number of carbonyl (C=O) groups excluding carboxylic acids is 2. The van der Waals surface area contributed by atoms with Gasteiger partial charge in [0.25, 0.3) is 0 Å². The number of rotatable bonds is 18. The van der Waals surface area contributed by atoms with Crippen molar-refractivity contribution in [2.45, 2.75) is 129 Å². The zero-order chi connectivity index (χ0) is 29.2. The molecule has 0 unspecified atom stereocenters. The molecule has 0 aromatic heterocycles. The summed E-state index contributed by atoms with van der Waals surface area (Å²) in [7, 11) is -4.27. The van der Waals surface area contributed by atoms with Crippen molar-refractivity contribution in [3.05, 3.63) is 58.7 Å². The van der Waals surface area contributed by atoms with Gasteiger partial charge in [0, 0.05) is 16.7 Å². The van der Waals surface area contributed by atoms with Crippen LogP contribution in [0.5, 0.6) is 11.5 Å². The van der Waals surface area contributed by atoms with Gasteiger partial charge in [0.2, 0.25) is 16.6 Å². The minimum atomic E-state index is -2.19. The van der Waals surface area contributed by atoms with Crippen molar-refractivity contribution < 1.29 is 18.4 Å². The van der Waals surface area contributed by atoms with Gasteiger partial charge in [-0.25, -0.2) is 0 Å². The Bertz CT molecular complexity index is 1140. The van der Waals surface area contributed by atoms with Crippen molar-refractivity contribution in [1.29, 1.82) is 0 Å². The molecule has 0 bridgehead atoms. The summed E-state index contributed by atoms with van der Waals surface area (Å²) in [5, 5.41) is 0. The molecule has 0 atom stereocenters. The van der Waals surface area contributed by atoms with Gasteiger partial charge in [-0.2, -0.15) is 0 Å². The molecule has 0 spiro atoms. The van der Waals surface area contributed by atoms with Crippen molar-refractivity contribution >= 4 is 28.2 Å². The van der Waals surface area contributed by atoms with E-state index in [9.17, 15) is 9.59 Å². The second-order valence-corrected chi connectivity index (χ2v) is 21.2. The average molecular weight is 581 g/mol. The number of ketones is 2. The third-order valence-electron chi connectivity index (χ3n) is 8.04. The number of benzene rings is 2. The van der Waals surface area contributed by atoms with Gasteiger partial charge in [-0.15, -0.1) is 0 Å². The molecule has 0 aliphatic heterocycles. The third-order valence-corrected chi connectivity index (χ3v) is 12.7. The summed E-state index contributed by atoms with van der Waals surface area (Å²) in [6.45, 7) is 13.4. The fourth-order valence-electron chi connectivity index (χ4n) is 5.66. The summed E-state index contributed by atoms with van der Waals surface area (Å²) < 4.78 is 13.7. The lowest BCUT2D eigenvalue weighted by molar-refractivity contribution is 0.0977. The van der Waals surface area contributed by atoms with Crippen LogP contribution >= 0.6 is 0 Å². The standard InChI is InChI=1S/C34H52O4Si2/c1-7-9-11-13-15-19-25-39(3,4)37-30-24-23-29-31(33(36)28-22-18-17-21-27(28)32(29)35)34(30)38-40(5,6)26-20-16-14-12-10-8-2/h17-18,21-24H,7-16,19-20,25-26H2,1-6H3. The zero-order valence-corrected chi connectivity index (χ0v) is 28.0. The number of fused-ring (bicyclic) bond motifs is 2. The van der Waals surface area contributed by atoms with Crippen LogP contribution in [-0.2, 0) is 0 Å². The zero-order valence-electron chi connectivity index (χ0n) is 26.0. The van der Waals surface area contributed by atoms with E-state index in [0.29, 0.717) is 33.8 Å². The predicted molar refractivity (Wildman–Crippen MR) is 172 cm³/mol. The second kappa shape index (κ2) is 15.2. The van der Waals surface area contributed by atoms with E-state index in [4.69, 9.17) is 8.85 Å². The van der Waals surface area contributed by atoms with Crippen LogP contribution in [0.3, 0.4) is 0 Å². The molecule has 0 amide bonds. The fraction of sp³-hybridized carbons (Fsp3) is 0.588. The monoisotopic (exact) mass is 580 g/mol. The van der Waals surface area contributed by atoms with Gasteiger partial charge in [-0.3, -0.25) is 9.59 Å². The van der Waals surface area contributed by atoms with Crippen molar-refractivity contribution in [1.82, 2.24) is 0 Å². The Morgan fingerprint density at radius 2 is 1.02 bits per heavy atom. The van der Waals surface area contributed by atoms with Crippen molar-refractivity contribution in [3.63, 3.8) is 0 Å². The lowest BCUT2D eigenvalue weighted by Crippen LogP contribution is -2.37. The van der Waals surface area contributed by atoms with Crippen molar-refractivity contribution in [3.8, 4) is 11.5 Å². The topological polar surface area (TPSA) is 52.6 Å². The Kier molecular flexibility index (Phi) is 12.3. The van der Waals surface area contributed by atoms with Crippen LogP contribution in [0.2, 0.25) is 38.3 Å². The molecule has 1 aliphatic carbocycles. The third kappa shape index (κ3) is 8.91. The average Bonchev–Trinajstić information content (AvgIpc) is 2.92. The van der Waals surface area contributed by atoms with E-state index in [1.807, 2.05) is 18.2 Å². The van der Waals surface area contributed by atoms with Gasteiger partial charge in [-0.1, -0.05) is 115 Å². The smallest absolute Gasteiger partial charge is 0.245 e. The molecule has 6 heteroatoms. The van der Waals surface area contributed by atoms with Crippen LogP contribution in [0.25, 0.3) is 0 Å². The van der Waals surface area contributed by atoms with Gasteiger partial charge in [-0.05, 0) is 50.4 Å². The minimum absolute atomic E-state index is 0.111. The lowest BCUT2D eigenvalue weighted by atomic mass is 9.83. The molecular formula is C34H52O4Si2. The highest BCUT2D eigenvalue weighted by atomic mass is 28.4. The van der Waals surface area contributed by atoms with E-state index >= 15 is 0 Å². The molecule has 2 aromatic rings. The summed E-state index contributed by atoms with van der Waals surface area (Å²) in [5.74, 6) is 0.910. The maximum Gasteiger partial charge on any atom is 0.245 e. The number of hydrogen-bond acceptors (Lipinski definition) is 4. The van der Waals surface area contributed by atoms with Gasteiger partial charge in [0.1, 0.15) is 5.75 Å². The highest BCUT2D eigenvalue weighted by Gasteiger charge is 2.37. The largest absolute Gasteiger partial charge is 0.542 e. The SMILES string of the molecule is CCCCCCCC[Si](C)(C)Oc1ccc2c(c1O[Si](C)(C)CCCCCCCC)C(=O)c1ccccc1C2=O. The van der Waals surface area contributed by atoms with Crippen molar-refractivity contribution in [2.75, 3.05) is 0 Å². The van der Waals surface area contributed by atoms with E-state index in [2.05, 4.69) is 40.0 Å². The van der Waals surface area contributed by atoms with E-state index in [-0.39, 0.29) is 11.6 Å². The first-order valence-corrected chi connectivity index (χ1v) is 22.1. The highest BCUT2D eigenvalue weighted by Crippen LogP contribution is 2.42. The van der Waals surface area contributed by atoms with Crippen LogP contribution in [0, 0.1) is 0 Å². The Hall–Kier alpha value is -2.19. The van der Waals surface area contributed by atoms with E-state index in [1.54, 1.807) is 18.2 Å². The van der Waals surface area contributed by atoms with Gasteiger partial charge in [0.05, 0.1) is 5.56 Å². The molecule has 3 rings (SSSR count). The first-order chi connectivity index (χ1) is 19.1. The van der Waals surface area contributed by atoms with Crippen LogP contribution in [-0.4, -0.2) is 28.2 Å². The molecule has 0 fully saturated rings. The molecule has 0 saturated carbocycles. The lowest BCUT2D eigenvalue weighted by Gasteiger charge is -2.32. The van der Waals surface area contributed by atoms with Crippen LogP contribution in [0.1, 0.15) is 123 Å². The number of hydrogen-bond donors (Lipinski definition) is 0. The van der Waals surface area contributed by atoms with Gasteiger partial charge in [0.15, 0.2) is 17.3 Å². The van der Waals surface area contributed by atoms with E-state index in [0.717, 1.165) is 24.9 Å². The number of carbonyl (C=O) groups is 2. The first-order valence-electron chi connectivity index (χ1n) is 15.8. The molecule has 0 heterocycles. The summed E-state index contributed by atoms with van der Waals surface area (Å²) in [5.41, 5.74) is 1.77. The normalized spacial score (nSPS) is 13.2. The Morgan fingerprint density at radius 3 is 1.57 bits per heavy atom. The second-order valence-electron chi connectivity index (χ2n) is 12.8. The number of unbranched alkanes of at least 4 members (excludes halogenated alkanes) is 10. The molecule has 40 heavy (non-hydrogen) atoms. The van der Waals surface area contributed by atoms with Crippen LogP contribution < -0.4 is 8.85 Å². The Morgan fingerprint density at radius 1 is 0.550 bits per heavy atom. The quantitative estimate of drug-likeness (QED) is 0.111. The molecule has 4 nitrogen and oxygen atoms in total. The molecule has 1 aliphatic rings. The van der Waals surface area contributed by atoms with Crippen LogP contribution in [0.15, 0.2) is 36.4 Å². The predicted octanol–water partition coefficient (Wildman–Crippen LogP) is 10.4. The summed E-state index contributed by atoms with van der Waals surface area (Å²) in [6.07, 6.45) is 15.0. The maximum absolute atomic E-state index is 13.9. The minimum Gasteiger partial charge on any atom is -0.542 e. The Balaban J connectivity index is 1.87. The van der Waals surface area contributed by atoms with E-state index in [1.165, 1.54) is 64.2 Å². The van der Waals surface area contributed by atoms with Crippen LogP contribution in [0.4, 0.5) is 0 Å². The van der Waals surface area contributed by atoms with E-state index < -0.39 is 16.6 Å². The van der Waals surface area contributed by atoms with Gasteiger partial charge >= 0.3 is 0 Å². The first kappa shape index (κ1) is 32.3. The highest BCUT2D eigenvalue weighted by molar-refractivity contribution is 6.72. The fourth-order valence-corrected chi connectivity index (χ4v) is 9.58. The summed E-state index contributed by atoms with van der Waals surface area (Å²) in [4.78, 5) is 27.4. The molecule has 0 saturated heterocycles. The van der Waals surface area contributed by atoms with Crippen molar-refractivity contribution in [2.24, 2.45) is 0 Å². The summed E-state index contributed by atoms with van der Waals surface area (Å²) in [6, 6.07) is 12.9.